The third-order valence-corrected chi connectivity index (χ3v) is 15.5. The van der Waals surface area contributed by atoms with E-state index < -0.39 is 0 Å². The molecule has 4 fully saturated rings. The van der Waals surface area contributed by atoms with Crippen molar-refractivity contribution >= 4 is 0 Å². The monoisotopic (exact) mass is 933 g/mol. The lowest BCUT2D eigenvalue weighted by molar-refractivity contribution is 0.128. The quantitative estimate of drug-likeness (QED) is 0.0427. The molecule has 0 saturated heterocycles. The number of hydrogen-bond donors (Lipinski definition) is 8. The van der Waals surface area contributed by atoms with E-state index in [0.717, 1.165) is 168 Å². The zero-order valence-electron chi connectivity index (χ0n) is 43.9. The molecule has 0 aromatic heterocycles. The van der Waals surface area contributed by atoms with Crippen molar-refractivity contribution in [2.45, 2.75) is 147 Å². The SMILES string of the molecule is CCCCN(CCNC1CCC1)CCN(CCNC1CCC1)CCN(CCN)CCCCCN(CCNCCN(CCNCC)C1CCC1)CCN(C)CCNCCNCCNC1CCC1. The fourth-order valence-corrected chi connectivity index (χ4v) is 9.71. The predicted octanol–water partition coefficient (Wildman–Crippen LogP) is 2.71. The number of nitrogens with zero attached hydrogens (tertiary/aromatic N) is 6. The highest BCUT2D eigenvalue weighted by Crippen LogP contribution is 2.24. The predicted molar refractivity (Wildman–Crippen MR) is 284 cm³/mol. The van der Waals surface area contributed by atoms with Crippen molar-refractivity contribution in [3.8, 4) is 0 Å². The molecule has 0 radical (unpaired) electrons. The summed E-state index contributed by atoms with van der Waals surface area (Å²) < 4.78 is 0. The second kappa shape index (κ2) is 39.1. The lowest BCUT2D eigenvalue weighted by Crippen LogP contribution is -2.47. The minimum atomic E-state index is 0.745. The highest BCUT2D eigenvalue weighted by molar-refractivity contribution is 4.82. The number of hydrogen-bond acceptors (Lipinski definition) is 14. The lowest BCUT2D eigenvalue weighted by atomic mass is 9.91. The van der Waals surface area contributed by atoms with Crippen LogP contribution >= 0.6 is 0 Å². The van der Waals surface area contributed by atoms with Crippen LogP contribution in [0.25, 0.3) is 0 Å². The molecule has 4 aliphatic rings. The van der Waals surface area contributed by atoms with Crippen molar-refractivity contribution < 1.29 is 0 Å². The van der Waals surface area contributed by atoms with Gasteiger partial charge < -0.3 is 62.6 Å². The fourth-order valence-electron chi connectivity index (χ4n) is 9.71. The summed E-state index contributed by atoms with van der Waals surface area (Å²) >= 11 is 0. The molecule has 0 spiro atoms. The van der Waals surface area contributed by atoms with Crippen molar-refractivity contribution in [3.63, 3.8) is 0 Å². The van der Waals surface area contributed by atoms with Gasteiger partial charge in [0.25, 0.3) is 0 Å². The lowest BCUT2D eigenvalue weighted by Gasteiger charge is -2.37. The van der Waals surface area contributed by atoms with Gasteiger partial charge in [-0.1, -0.05) is 52.4 Å². The molecule has 0 bridgehead atoms. The van der Waals surface area contributed by atoms with Crippen LogP contribution in [-0.4, -0.2) is 244 Å². The Bertz CT molecular complexity index is 1080. The smallest absolute Gasteiger partial charge is 0.0110 e. The van der Waals surface area contributed by atoms with Crippen LogP contribution in [0, 0.1) is 0 Å². The Balaban J connectivity index is 1.15. The van der Waals surface area contributed by atoms with E-state index in [4.69, 9.17) is 5.73 Å². The van der Waals surface area contributed by atoms with E-state index >= 15 is 0 Å². The molecule has 4 saturated carbocycles. The minimum Gasteiger partial charge on any atom is -0.329 e. The topological polar surface area (TPSA) is 130 Å². The summed E-state index contributed by atoms with van der Waals surface area (Å²) in [6, 6.07) is 3.12. The standard InChI is InChI=1S/C52H112N14/c1-4-6-33-63(39-31-59-50-16-11-17-50)46-48-65(40-32-60-51-18-12-19-51)47-45-62(36-22-53)34-8-7-9-35-64(38-28-57-30-42-66(41-29-54-5-2)52-20-13-21-52)44-43-61(3)37-27-56-24-23-55-25-26-58-49-14-10-15-49/h49-52,54-60H,4-48,53H2,1-3H3. The second-order valence-corrected chi connectivity index (χ2v) is 20.8. The summed E-state index contributed by atoms with van der Waals surface area (Å²) in [7, 11) is 2.31. The maximum Gasteiger partial charge on any atom is 0.0110 e. The van der Waals surface area contributed by atoms with Gasteiger partial charge in [-0.2, -0.15) is 0 Å². The summed E-state index contributed by atoms with van der Waals surface area (Å²) in [5, 5.41) is 26.0. The molecule has 0 heterocycles. The van der Waals surface area contributed by atoms with Crippen LogP contribution in [0.2, 0.25) is 0 Å². The van der Waals surface area contributed by atoms with Crippen molar-refractivity contribution in [1.29, 1.82) is 0 Å². The number of nitrogens with two attached hydrogens (primary N) is 1. The van der Waals surface area contributed by atoms with Gasteiger partial charge in [0, 0.05) is 181 Å². The van der Waals surface area contributed by atoms with E-state index in [0.29, 0.717) is 0 Å². The van der Waals surface area contributed by atoms with Crippen LogP contribution in [0.1, 0.15) is 123 Å². The van der Waals surface area contributed by atoms with Crippen molar-refractivity contribution in [2.75, 3.05) is 190 Å². The number of rotatable bonds is 49. The van der Waals surface area contributed by atoms with Gasteiger partial charge in [0.1, 0.15) is 0 Å². The van der Waals surface area contributed by atoms with Gasteiger partial charge in [-0.25, -0.2) is 0 Å². The average molecular weight is 934 g/mol. The van der Waals surface area contributed by atoms with Gasteiger partial charge in [-0.05, 0) is 104 Å². The maximum atomic E-state index is 6.23. The highest BCUT2D eigenvalue weighted by atomic mass is 15.2. The summed E-state index contributed by atoms with van der Waals surface area (Å²) in [6.45, 7) is 35.5. The van der Waals surface area contributed by atoms with Crippen LogP contribution in [-0.2, 0) is 0 Å². The van der Waals surface area contributed by atoms with E-state index in [-0.39, 0.29) is 0 Å². The molecular formula is C52H112N14. The van der Waals surface area contributed by atoms with Gasteiger partial charge in [0.05, 0.1) is 0 Å². The molecule has 14 heteroatoms. The third kappa shape index (κ3) is 27.7. The van der Waals surface area contributed by atoms with Gasteiger partial charge in [-0.3, -0.25) is 9.80 Å². The number of likely N-dealkylation sites (N-methyl/N-ethyl adjacent to an activating group) is 2. The van der Waals surface area contributed by atoms with Crippen LogP contribution in [0.4, 0.5) is 0 Å². The first-order valence-corrected chi connectivity index (χ1v) is 28.6. The van der Waals surface area contributed by atoms with Gasteiger partial charge in [0.2, 0.25) is 0 Å². The molecule has 66 heavy (non-hydrogen) atoms. The number of nitrogens with one attached hydrogen (secondary N) is 7. The Morgan fingerprint density at radius 3 is 1.32 bits per heavy atom. The Morgan fingerprint density at radius 1 is 0.379 bits per heavy atom. The van der Waals surface area contributed by atoms with Crippen LogP contribution in [0.3, 0.4) is 0 Å². The first-order chi connectivity index (χ1) is 32.6. The van der Waals surface area contributed by atoms with Crippen LogP contribution in [0.5, 0.6) is 0 Å². The Hall–Kier alpha value is -0.560. The molecule has 0 amide bonds. The molecule has 0 atom stereocenters. The second-order valence-electron chi connectivity index (χ2n) is 20.8. The van der Waals surface area contributed by atoms with Crippen LogP contribution in [0.15, 0.2) is 0 Å². The molecule has 0 aromatic carbocycles. The molecule has 0 unspecified atom stereocenters. The van der Waals surface area contributed by atoms with Crippen molar-refractivity contribution in [3.05, 3.63) is 0 Å². The highest BCUT2D eigenvalue weighted by Gasteiger charge is 2.24. The molecule has 4 aliphatic carbocycles. The zero-order valence-corrected chi connectivity index (χ0v) is 43.9. The molecular weight excluding hydrogens is 821 g/mol. The summed E-state index contributed by atoms with van der Waals surface area (Å²) in [4.78, 5) is 16.2. The molecule has 14 nitrogen and oxygen atoms in total. The molecule has 4 rings (SSSR count). The first kappa shape index (κ1) is 58.0. The normalized spacial score (nSPS) is 17.5. The molecule has 9 N–H and O–H groups in total. The Labute approximate surface area is 408 Å². The van der Waals surface area contributed by atoms with Crippen LogP contribution < -0.4 is 43.0 Å². The van der Waals surface area contributed by atoms with Crippen molar-refractivity contribution in [2.24, 2.45) is 5.73 Å². The van der Waals surface area contributed by atoms with E-state index in [1.54, 1.807) is 0 Å². The Morgan fingerprint density at radius 2 is 0.803 bits per heavy atom. The van der Waals surface area contributed by atoms with E-state index in [9.17, 15) is 0 Å². The molecule has 0 aliphatic heterocycles. The van der Waals surface area contributed by atoms with E-state index in [1.807, 2.05) is 0 Å². The number of unbranched alkanes of at least 4 members (excludes halogenated alkanes) is 3. The maximum absolute atomic E-state index is 6.23. The fraction of sp³-hybridized carbons (Fsp3) is 1.00. The summed E-state index contributed by atoms with van der Waals surface area (Å²) in [5.74, 6) is 0. The summed E-state index contributed by atoms with van der Waals surface area (Å²) in [6.07, 6.45) is 23.0. The zero-order chi connectivity index (χ0) is 46.5. The first-order valence-electron chi connectivity index (χ1n) is 28.6. The van der Waals surface area contributed by atoms with Gasteiger partial charge in [0.15, 0.2) is 0 Å². The van der Waals surface area contributed by atoms with Gasteiger partial charge >= 0.3 is 0 Å². The summed E-state index contributed by atoms with van der Waals surface area (Å²) in [5.41, 5.74) is 6.23. The average Bonchev–Trinajstić information content (AvgIpc) is 3.25. The molecule has 0 aromatic rings. The van der Waals surface area contributed by atoms with E-state index in [1.165, 1.54) is 148 Å². The van der Waals surface area contributed by atoms with Crippen molar-refractivity contribution in [1.82, 2.24) is 66.6 Å². The Kier molecular flexibility index (Phi) is 34.4. The molecule has 390 valence electrons. The minimum absolute atomic E-state index is 0.745. The van der Waals surface area contributed by atoms with Gasteiger partial charge in [-0.15, -0.1) is 0 Å². The largest absolute Gasteiger partial charge is 0.329 e. The third-order valence-electron chi connectivity index (χ3n) is 15.5. The van der Waals surface area contributed by atoms with E-state index in [2.05, 4.69) is 87.5 Å².